The van der Waals surface area contributed by atoms with Gasteiger partial charge in [-0.1, -0.05) is 18.2 Å². The first kappa shape index (κ1) is 15.3. The molecule has 1 heterocycles. The number of benzene rings is 2. The Kier molecular flexibility index (Phi) is 3.61. The SMILES string of the molecule is N[C@H]1Cc2c(ccc3c2=CCCC=3)O[C@@H]1c1cc(F)c(F)cc1F. The van der Waals surface area contributed by atoms with Crippen molar-refractivity contribution < 1.29 is 17.9 Å². The van der Waals surface area contributed by atoms with Crippen LogP contribution in [0.4, 0.5) is 13.2 Å². The van der Waals surface area contributed by atoms with Crippen LogP contribution < -0.4 is 20.9 Å². The minimum absolute atomic E-state index is 0.0553. The predicted molar refractivity (Wildman–Crippen MR) is 85.2 cm³/mol. The quantitative estimate of drug-likeness (QED) is 0.815. The molecule has 0 saturated heterocycles. The van der Waals surface area contributed by atoms with Gasteiger partial charge in [0.25, 0.3) is 0 Å². The van der Waals surface area contributed by atoms with E-state index in [9.17, 15) is 13.2 Å². The molecule has 4 rings (SSSR count). The topological polar surface area (TPSA) is 35.2 Å². The number of ether oxygens (including phenoxy) is 1. The molecule has 5 heteroatoms. The van der Waals surface area contributed by atoms with E-state index in [0.717, 1.165) is 34.9 Å². The van der Waals surface area contributed by atoms with Crippen LogP contribution in [0, 0.1) is 17.5 Å². The zero-order valence-corrected chi connectivity index (χ0v) is 12.9. The lowest BCUT2D eigenvalue weighted by Crippen LogP contribution is -2.43. The summed E-state index contributed by atoms with van der Waals surface area (Å²) < 4.78 is 46.6. The maximum atomic E-state index is 14.1. The van der Waals surface area contributed by atoms with Crippen LogP contribution in [0.2, 0.25) is 0 Å². The lowest BCUT2D eigenvalue weighted by Gasteiger charge is -2.32. The second-order valence-electron chi connectivity index (χ2n) is 6.23. The van der Waals surface area contributed by atoms with Gasteiger partial charge in [-0.2, -0.15) is 0 Å². The highest BCUT2D eigenvalue weighted by molar-refractivity contribution is 5.48. The van der Waals surface area contributed by atoms with Crippen molar-refractivity contribution in [2.45, 2.75) is 31.4 Å². The Bertz CT molecular complexity index is 939. The first-order valence-corrected chi connectivity index (χ1v) is 7.93. The van der Waals surface area contributed by atoms with Crippen molar-refractivity contribution in [3.05, 3.63) is 63.3 Å². The van der Waals surface area contributed by atoms with Gasteiger partial charge in [-0.3, -0.25) is 0 Å². The van der Waals surface area contributed by atoms with Gasteiger partial charge in [-0.25, -0.2) is 13.2 Å². The molecule has 0 saturated carbocycles. The van der Waals surface area contributed by atoms with E-state index in [4.69, 9.17) is 10.5 Å². The third-order valence-electron chi connectivity index (χ3n) is 4.66. The predicted octanol–water partition coefficient (Wildman–Crippen LogP) is 2.46. The Balaban J connectivity index is 1.80. The number of rotatable bonds is 1. The molecule has 2 aromatic rings. The summed E-state index contributed by atoms with van der Waals surface area (Å²) in [4.78, 5) is 0. The maximum absolute atomic E-state index is 14.1. The molecule has 2 nitrogen and oxygen atoms in total. The minimum Gasteiger partial charge on any atom is -0.484 e. The van der Waals surface area contributed by atoms with Crippen molar-refractivity contribution >= 4 is 12.2 Å². The van der Waals surface area contributed by atoms with Gasteiger partial charge >= 0.3 is 0 Å². The molecule has 0 bridgehead atoms. The monoisotopic (exact) mass is 331 g/mol. The van der Waals surface area contributed by atoms with Crippen molar-refractivity contribution in [1.29, 1.82) is 0 Å². The van der Waals surface area contributed by atoms with Crippen molar-refractivity contribution in [1.82, 2.24) is 0 Å². The second-order valence-corrected chi connectivity index (χ2v) is 6.23. The van der Waals surface area contributed by atoms with E-state index in [2.05, 4.69) is 12.2 Å². The number of hydrogen-bond donors (Lipinski definition) is 1. The average Bonchev–Trinajstić information content (AvgIpc) is 2.58. The van der Waals surface area contributed by atoms with Crippen LogP contribution in [0.3, 0.4) is 0 Å². The first-order chi connectivity index (χ1) is 11.5. The molecule has 0 spiro atoms. The van der Waals surface area contributed by atoms with Crippen LogP contribution >= 0.6 is 0 Å². The minimum atomic E-state index is -1.22. The molecule has 2 N–H and O–H groups in total. The number of fused-ring (bicyclic) bond motifs is 3. The Morgan fingerprint density at radius 2 is 1.71 bits per heavy atom. The van der Waals surface area contributed by atoms with E-state index in [0.29, 0.717) is 18.2 Å². The fourth-order valence-electron chi connectivity index (χ4n) is 3.49. The zero-order valence-electron chi connectivity index (χ0n) is 12.9. The number of hydrogen-bond acceptors (Lipinski definition) is 2. The van der Waals surface area contributed by atoms with Crippen LogP contribution in [-0.2, 0) is 6.42 Å². The van der Waals surface area contributed by atoms with E-state index in [-0.39, 0.29) is 5.56 Å². The Hall–Kier alpha value is -2.27. The highest BCUT2D eigenvalue weighted by Crippen LogP contribution is 2.34. The van der Waals surface area contributed by atoms with E-state index in [1.54, 1.807) is 0 Å². The smallest absolute Gasteiger partial charge is 0.161 e. The molecule has 2 aliphatic rings. The van der Waals surface area contributed by atoms with Crippen molar-refractivity contribution in [3.8, 4) is 5.75 Å². The third-order valence-corrected chi connectivity index (χ3v) is 4.66. The molecule has 2 aromatic carbocycles. The Labute approximate surface area is 137 Å². The van der Waals surface area contributed by atoms with E-state index < -0.39 is 29.6 Å². The van der Waals surface area contributed by atoms with Crippen molar-refractivity contribution in [2.24, 2.45) is 5.73 Å². The Morgan fingerprint density at radius 3 is 2.54 bits per heavy atom. The summed E-state index contributed by atoms with van der Waals surface area (Å²) in [6.45, 7) is 0. The van der Waals surface area contributed by atoms with E-state index in [1.165, 1.54) is 0 Å². The molecule has 0 fully saturated rings. The summed E-state index contributed by atoms with van der Waals surface area (Å²) in [5.74, 6) is -2.56. The summed E-state index contributed by atoms with van der Waals surface area (Å²) in [6.07, 6.45) is 5.93. The molecular formula is C19H16F3NO. The lowest BCUT2D eigenvalue weighted by atomic mass is 9.90. The summed E-state index contributed by atoms with van der Waals surface area (Å²) in [7, 11) is 0. The summed E-state index contributed by atoms with van der Waals surface area (Å²) in [5, 5.41) is 2.26. The van der Waals surface area contributed by atoms with Crippen LogP contribution in [0.25, 0.3) is 12.2 Å². The van der Waals surface area contributed by atoms with Crippen molar-refractivity contribution in [2.75, 3.05) is 0 Å². The summed E-state index contributed by atoms with van der Waals surface area (Å²) in [6, 6.07) is 4.61. The zero-order chi connectivity index (χ0) is 16.8. The van der Waals surface area contributed by atoms with Gasteiger partial charge in [-0.05, 0) is 41.8 Å². The van der Waals surface area contributed by atoms with Gasteiger partial charge in [-0.15, -0.1) is 0 Å². The molecule has 2 atom stereocenters. The number of halogens is 3. The average molecular weight is 331 g/mol. The van der Waals surface area contributed by atoms with Crippen LogP contribution in [0.1, 0.15) is 30.1 Å². The molecule has 1 aliphatic carbocycles. The van der Waals surface area contributed by atoms with Crippen LogP contribution in [-0.4, -0.2) is 6.04 Å². The second kappa shape index (κ2) is 5.67. The molecule has 1 aliphatic heterocycles. The number of nitrogens with two attached hydrogens (primary N) is 1. The van der Waals surface area contributed by atoms with Gasteiger partial charge < -0.3 is 10.5 Å². The van der Waals surface area contributed by atoms with Crippen LogP contribution in [0.5, 0.6) is 5.75 Å². The molecule has 0 radical (unpaired) electrons. The normalized spacial score (nSPS) is 21.8. The molecule has 24 heavy (non-hydrogen) atoms. The fourth-order valence-corrected chi connectivity index (χ4v) is 3.49. The van der Waals surface area contributed by atoms with Gasteiger partial charge in [0.2, 0.25) is 0 Å². The third kappa shape index (κ3) is 2.40. The largest absolute Gasteiger partial charge is 0.484 e. The summed E-state index contributed by atoms with van der Waals surface area (Å²) >= 11 is 0. The summed E-state index contributed by atoms with van der Waals surface area (Å²) in [5.41, 5.74) is 7.12. The molecule has 0 amide bonds. The maximum Gasteiger partial charge on any atom is 0.161 e. The van der Waals surface area contributed by atoms with E-state index >= 15 is 0 Å². The molecule has 0 aromatic heterocycles. The van der Waals surface area contributed by atoms with E-state index in [1.807, 2.05) is 12.1 Å². The highest BCUT2D eigenvalue weighted by atomic mass is 19.2. The van der Waals surface area contributed by atoms with Gasteiger partial charge in [0.15, 0.2) is 11.6 Å². The molecule has 124 valence electrons. The standard InChI is InChI=1S/C19H16F3NO/c20-14-9-16(22)15(21)7-13(14)19-17(23)8-12-11-4-2-1-3-10(11)5-6-18(12)24-19/h3-7,9,17,19H,1-2,8,23H2/t17-,19+/m0/s1. The van der Waals surface area contributed by atoms with Gasteiger partial charge in [0.1, 0.15) is 17.7 Å². The first-order valence-electron chi connectivity index (χ1n) is 7.93. The Morgan fingerprint density at radius 1 is 0.958 bits per heavy atom. The lowest BCUT2D eigenvalue weighted by molar-refractivity contribution is 0.148. The van der Waals surface area contributed by atoms with Gasteiger partial charge in [0, 0.05) is 17.2 Å². The van der Waals surface area contributed by atoms with Crippen LogP contribution in [0.15, 0.2) is 24.3 Å². The van der Waals surface area contributed by atoms with Crippen molar-refractivity contribution in [3.63, 3.8) is 0 Å². The molecule has 0 unspecified atom stereocenters. The highest BCUT2D eigenvalue weighted by Gasteiger charge is 2.32. The van der Waals surface area contributed by atoms with Gasteiger partial charge in [0.05, 0.1) is 6.04 Å². The fraction of sp³-hybridized carbons (Fsp3) is 0.263. The molecular weight excluding hydrogens is 315 g/mol.